The fraction of sp³-hybridized carbons (Fsp3) is 0.643. The largest absolute Gasteiger partial charge is 0.352 e. The maximum Gasteiger partial charge on any atom is 0.273 e. The van der Waals surface area contributed by atoms with Gasteiger partial charge in [0.05, 0.1) is 12.4 Å². The molecule has 1 unspecified atom stereocenters. The Balaban J connectivity index is 2.16. The number of nitrogens with zero attached hydrogens (tertiary/aromatic N) is 4. The van der Waals surface area contributed by atoms with Crippen molar-refractivity contribution in [2.75, 3.05) is 38.6 Å². The topological polar surface area (TPSA) is 61.4 Å². The Bertz CT molecular complexity index is 474. The van der Waals surface area contributed by atoms with Gasteiger partial charge in [0.1, 0.15) is 11.5 Å². The van der Waals surface area contributed by atoms with E-state index in [1.165, 1.54) is 11.1 Å². The van der Waals surface area contributed by atoms with Crippen molar-refractivity contribution in [3.63, 3.8) is 0 Å². The molecule has 1 N–H and O–H groups in total. The lowest BCUT2D eigenvalue weighted by Crippen LogP contribution is -2.53. The van der Waals surface area contributed by atoms with Gasteiger partial charge in [0.25, 0.3) is 5.91 Å². The number of rotatable bonds is 3. The number of piperazine rings is 1. The first kappa shape index (κ1) is 14.7. The molecule has 0 saturated carbocycles. The fourth-order valence-electron chi connectivity index (χ4n) is 2.27. The zero-order valence-corrected chi connectivity index (χ0v) is 12.6. The van der Waals surface area contributed by atoms with Gasteiger partial charge < -0.3 is 15.1 Å². The molecule has 0 bridgehead atoms. The SMILES string of the molecule is CC(C)C1CN(c2cncc(C(=O)N(C)C)n2)CCN1. The molecule has 0 spiro atoms. The molecule has 1 saturated heterocycles. The predicted molar refractivity (Wildman–Crippen MR) is 78.9 cm³/mol. The number of hydrogen-bond acceptors (Lipinski definition) is 5. The lowest BCUT2D eigenvalue weighted by atomic mass is 10.0. The van der Waals surface area contributed by atoms with E-state index in [0.717, 1.165) is 25.5 Å². The maximum absolute atomic E-state index is 11.9. The molecule has 0 radical (unpaired) electrons. The molecule has 110 valence electrons. The summed E-state index contributed by atoms with van der Waals surface area (Å²) >= 11 is 0. The van der Waals surface area contributed by atoms with Gasteiger partial charge >= 0.3 is 0 Å². The third-order valence-corrected chi connectivity index (χ3v) is 3.58. The van der Waals surface area contributed by atoms with Crippen molar-refractivity contribution in [1.82, 2.24) is 20.2 Å². The number of anilines is 1. The Morgan fingerprint density at radius 3 is 2.85 bits per heavy atom. The molecule has 1 amide bonds. The van der Waals surface area contributed by atoms with E-state index >= 15 is 0 Å². The minimum Gasteiger partial charge on any atom is -0.352 e. The van der Waals surface area contributed by atoms with Crippen LogP contribution in [0.4, 0.5) is 5.82 Å². The van der Waals surface area contributed by atoms with Crippen LogP contribution in [0.1, 0.15) is 24.3 Å². The number of carbonyl (C=O) groups excluding carboxylic acids is 1. The van der Waals surface area contributed by atoms with Crippen molar-refractivity contribution in [3.05, 3.63) is 18.1 Å². The smallest absolute Gasteiger partial charge is 0.273 e. The van der Waals surface area contributed by atoms with Crippen molar-refractivity contribution in [2.24, 2.45) is 5.92 Å². The Labute approximate surface area is 120 Å². The molecule has 6 heteroatoms. The van der Waals surface area contributed by atoms with E-state index in [-0.39, 0.29) is 5.91 Å². The highest BCUT2D eigenvalue weighted by Gasteiger charge is 2.23. The van der Waals surface area contributed by atoms with Crippen LogP contribution in [0.2, 0.25) is 0 Å². The molecule has 2 heterocycles. The monoisotopic (exact) mass is 277 g/mol. The first-order chi connectivity index (χ1) is 9.49. The van der Waals surface area contributed by atoms with Crippen LogP contribution in [0, 0.1) is 5.92 Å². The summed E-state index contributed by atoms with van der Waals surface area (Å²) < 4.78 is 0. The highest BCUT2D eigenvalue weighted by molar-refractivity contribution is 5.91. The quantitative estimate of drug-likeness (QED) is 0.877. The molecule has 1 aromatic rings. The van der Waals surface area contributed by atoms with Crippen LogP contribution in [-0.4, -0.2) is 60.5 Å². The van der Waals surface area contributed by atoms with Gasteiger partial charge in [-0.3, -0.25) is 9.78 Å². The second kappa shape index (κ2) is 6.17. The van der Waals surface area contributed by atoms with Gasteiger partial charge in [-0.25, -0.2) is 4.98 Å². The first-order valence-corrected chi connectivity index (χ1v) is 7.01. The Morgan fingerprint density at radius 1 is 1.45 bits per heavy atom. The minimum atomic E-state index is -0.116. The van der Waals surface area contributed by atoms with Crippen molar-refractivity contribution in [1.29, 1.82) is 0 Å². The third-order valence-electron chi connectivity index (χ3n) is 3.58. The van der Waals surface area contributed by atoms with Gasteiger partial charge in [-0.05, 0) is 5.92 Å². The molecular formula is C14H23N5O. The standard InChI is InChI=1S/C14H23N5O/c1-10(2)12-9-19(6-5-16-12)13-8-15-7-11(17-13)14(20)18(3)4/h7-8,10,12,16H,5-6,9H2,1-4H3. The summed E-state index contributed by atoms with van der Waals surface area (Å²) in [5, 5.41) is 3.51. The number of nitrogens with one attached hydrogen (secondary N) is 1. The molecule has 0 aliphatic carbocycles. The molecule has 1 aliphatic rings. The summed E-state index contributed by atoms with van der Waals surface area (Å²) in [5.74, 6) is 1.23. The van der Waals surface area contributed by atoms with E-state index in [1.807, 2.05) is 0 Å². The number of hydrogen-bond donors (Lipinski definition) is 1. The average molecular weight is 277 g/mol. The highest BCUT2D eigenvalue weighted by atomic mass is 16.2. The van der Waals surface area contributed by atoms with Crippen molar-refractivity contribution in [3.8, 4) is 0 Å². The molecule has 1 aromatic heterocycles. The Kier molecular flexibility index (Phi) is 4.54. The zero-order chi connectivity index (χ0) is 14.7. The fourth-order valence-corrected chi connectivity index (χ4v) is 2.27. The molecule has 1 aliphatic heterocycles. The maximum atomic E-state index is 11.9. The van der Waals surface area contributed by atoms with Gasteiger partial charge in [-0.15, -0.1) is 0 Å². The number of aromatic nitrogens is 2. The highest BCUT2D eigenvalue weighted by Crippen LogP contribution is 2.15. The lowest BCUT2D eigenvalue weighted by molar-refractivity contribution is 0.0821. The van der Waals surface area contributed by atoms with Crippen molar-refractivity contribution < 1.29 is 4.79 Å². The molecule has 1 fully saturated rings. The van der Waals surface area contributed by atoms with Crippen molar-refractivity contribution >= 4 is 11.7 Å². The average Bonchev–Trinajstić information content (AvgIpc) is 2.46. The second-order valence-corrected chi connectivity index (χ2v) is 5.71. The first-order valence-electron chi connectivity index (χ1n) is 7.01. The summed E-state index contributed by atoms with van der Waals surface area (Å²) in [6.45, 7) is 7.12. The van der Waals surface area contributed by atoms with Crippen LogP contribution in [0.15, 0.2) is 12.4 Å². The summed E-state index contributed by atoms with van der Waals surface area (Å²) in [7, 11) is 3.44. The van der Waals surface area contributed by atoms with Gasteiger partial charge in [0.15, 0.2) is 0 Å². The van der Waals surface area contributed by atoms with E-state index in [4.69, 9.17) is 0 Å². The van der Waals surface area contributed by atoms with Crippen LogP contribution < -0.4 is 10.2 Å². The van der Waals surface area contributed by atoms with Crippen LogP contribution in [-0.2, 0) is 0 Å². The van der Waals surface area contributed by atoms with Crippen LogP contribution >= 0.6 is 0 Å². The number of amides is 1. The van der Waals surface area contributed by atoms with E-state index in [2.05, 4.69) is 34.0 Å². The summed E-state index contributed by atoms with van der Waals surface area (Å²) in [6, 6.07) is 0.443. The van der Waals surface area contributed by atoms with Crippen LogP contribution in [0.25, 0.3) is 0 Å². The number of carbonyl (C=O) groups is 1. The van der Waals surface area contributed by atoms with E-state index < -0.39 is 0 Å². The van der Waals surface area contributed by atoms with E-state index in [9.17, 15) is 4.79 Å². The summed E-state index contributed by atoms with van der Waals surface area (Å²) in [4.78, 5) is 24.3. The van der Waals surface area contributed by atoms with E-state index in [0.29, 0.717) is 17.7 Å². The van der Waals surface area contributed by atoms with Crippen LogP contribution in [0.3, 0.4) is 0 Å². The van der Waals surface area contributed by atoms with E-state index in [1.54, 1.807) is 20.3 Å². The molecule has 6 nitrogen and oxygen atoms in total. The lowest BCUT2D eigenvalue weighted by Gasteiger charge is -2.36. The predicted octanol–water partition coefficient (Wildman–Crippen LogP) is 0.613. The third kappa shape index (κ3) is 3.25. The summed E-state index contributed by atoms with van der Waals surface area (Å²) in [6.07, 6.45) is 3.25. The van der Waals surface area contributed by atoms with Gasteiger partial charge in [0, 0.05) is 39.8 Å². The Morgan fingerprint density at radius 2 is 2.20 bits per heavy atom. The minimum absolute atomic E-state index is 0.116. The molecular weight excluding hydrogens is 254 g/mol. The molecule has 2 rings (SSSR count). The second-order valence-electron chi connectivity index (χ2n) is 5.71. The van der Waals surface area contributed by atoms with Gasteiger partial charge in [-0.2, -0.15) is 0 Å². The van der Waals surface area contributed by atoms with Crippen molar-refractivity contribution in [2.45, 2.75) is 19.9 Å². The van der Waals surface area contributed by atoms with Gasteiger partial charge in [0.2, 0.25) is 0 Å². The van der Waals surface area contributed by atoms with Gasteiger partial charge in [-0.1, -0.05) is 13.8 Å². The zero-order valence-electron chi connectivity index (χ0n) is 12.6. The normalized spacial score (nSPS) is 19.2. The molecule has 0 aromatic carbocycles. The molecule has 1 atom stereocenters. The Hall–Kier alpha value is -1.69. The van der Waals surface area contributed by atoms with Crippen LogP contribution in [0.5, 0.6) is 0 Å². The summed E-state index contributed by atoms with van der Waals surface area (Å²) in [5.41, 5.74) is 0.395. The molecule has 20 heavy (non-hydrogen) atoms.